The topological polar surface area (TPSA) is 106 Å². The number of pyridine rings is 1. The minimum Gasteiger partial charge on any atom is -0.856 e. The highest BCUT2D eigenvalue weighted by molar-refractivity contribution is 5.51. The Kier molecular flexibility index (Phi) is 4.30. The summed E-state index contributed by atoms with van der Waals surface area (Å²) in [4.78, 5) is 12.5. The summed E-state index contributed by atoms with van der Waals surface area (Å²) in [5, 5.41) is 14.3. The molecular weight excluding hydrogens is 379 g/mol. The van der Waals surface area contributed by atoms with Crippen LogP contribution < -0.4 is 14.6 Å². The molecule has 0 aliphatic heterocycles. The van der Waals surface area contributed by atoms with Gasteiger partial charge >= 0.3 is 0 Å². The van der Waals surface area contributed by atoms with Gasteiger partial charge in [0.2, 0.25) is 11.8 Å². The number of halogens is 1. The first kappa shape index (κ1) is 17.8. The van der Waals surface area contributed by atoms with E-state index >= 15 is 4.39 Å². The average Bonchev–Trinajstić information content (AvgIpc) is 3.10. The van der Waals surface area contributed by atoms with Gasteiger partial charge in [0.15, 0.2) is 5.76 Å². The van der Waals surface area contributed by atoms with Crippen LogP contribution in [0, 0.1) is 0 Å². The van der Waals surface area contributed by atoms with E-state index in [1.807, 2.05) is 0 Å². The van der Waals surface area contributed by atoms with Crippen LogP contribution in [0.5, 0.6) is 17.6 Å². The molecule has 8 nitrogen and oxygen atoms in total. The van der Waals surface area contributed by atoms with Gasteiger partial charge in [-0.2, -0.15) is 0 Å². The lowest BCUT2D eigenvalue weighted by molar-refractivity contribution is -0.277. The maximum atomic E-state index is 15.2. The third-order valence-corrected chi connectivity index (χ3v) is 5.35. The summed E-state index contributed by atoms with van der Waals surface area (Å²) in [5.74, 6) is 0.515. The minimum atomic E-state index is -1.47. The first-order valence-electron chi connectivity index (χ1n) is 9.52. The molecule has 0 unspecified atom stereocenters. The van der Waals surface area contributed by atoms with Gasteiger partial charge in [0.1, 0.15) is 23.6 Å². The van der Waals surface area contributed by atoms with Crippen molar-refractivity contribution in [3.05, 3.63) is 42.4 Å². The van der Waals surface area contributed by atoms with E-state index in [2.05, 4.69) is 20.1 Å². The van der Waals surface area contributed by atoms with Crippen molar-refractivity contribution in [1.82, 2.24) is 20.1 Å². The molecular formula is C20H18FN4O4-. The molecule has 3 heterocycles. The van der Waals surface area contributed by atoms with Crippen molar-refractivity contribution in [3.8, 4) is 29.1 Å². The molecule has 0 aromatic carbocycles. The molecule has 9 heteroatoms. The van der Waals surface area contributed by atoms with Gasteiger partial charge in [-0.1, -0.05) is 5.16 Å². The Balaban J connectivity index is 1.19. The number of rotatable bonds is 6. The molecule has 0 N–H and O–H groups in total. The third-order valence-electron chi connectivity index (χ3n) is 5.35. The Morgan fingerprint density at radius 3 is 2.52 bits per heavy atom. The summed E-state index contributed by atoms with van der Waals surface area (Å²) in [6.07, 6.45) is 7.95. The van der Waals surface area contributed by atoms with E-state index < -0.39 is 11.5 Å². The van der Waals surface area contributed by atoms with Crippen LogP contribution in [0.4, 0.5) is 4.39 Å². The average molecular weight is 397 g/mol. The van der Waals surface area contributed by atoms with Crippen molar-refractivity contribution in [3.63, 3.8) is 0 Å². The Morgan fingerprint density at radius 1 is 1.03 bits per heavy atom. The largest absolute Gasteiger partial charge is 0.856 e. The molecule has 5 rings (SSSR count). The lowest BCUT2D eigenvalue weighted by atomic mass is 9.74. The van der Waals surface area contributed by atoms with Gasteiger partial charge in [0.25, 0.3) is 0 Å². The zero-order chi connectivity index (χ0) is 19.8. The fourth-order valence-corrected chi connectivity index (χ4v) is 3.45. The Morgan fingerprint density at radius 2 is 1.86 bits per heavy atom. The molecule has 2 fully saturated rings. The summed E-state index contributed by atoms with van der Waals surface area (Å²) < 4.78 is 31.6. The highest BCUT2D eigenvalue weighted by atomic mass is 19.1. The second kappa shape index (κ2) is 6.98. The molecule has 2 saturated carbocycles. The maximum absolute atomic E-state index is 15.2. The molecule has 0 amide bonds. The predicted octanol–water partition coefficient (Wildman–Crippen LogP) is 2.94. The summed E-state index contributed by atoms with van der Waals surface area (Å²) in [5.41, 5.74) is -0.540. The summed E-state index contributed by atoms with van der Waals surface area (Å²) in [7, 11) is 0. The van der Waals surface area contributed by atoms with E-state index in [1.54, 1.807) is 18.3 Å². The van der Waals surface area contributed by atoms with Crippen molar-refractivity contribution >= 4 is 0 Å². The van der Waals surface area contributed by atoms with E-state index in [9.17, 15) is 5.11 Å². The van der Waals surface area contributed by atoms with Crippen molar-refractivity contribution in [2.24, 2.45) is 0 Å². The van der Waals surface area contributed by atoms with Crippen molar-refractivity contribution in [1.29, 1.82) is 0 Å². The monoisotopic (exact) mass is 397 g/mol. The van der Waals surface area contributed by atoms with Gasteiger partial charge < -0.3 is 19.1 Å². The van der Waals surface area contributed by atoms with Gasteiger partial charge in [0.05, 0.1) is 12.4 Å². The van der Waals surface area contributed by atoms with Gasteiger partial charge in [-0.25, -0.2) is 19.3 Å². The van der Waals surface area contributed by atoms with Crippen molar-refractivity contribution in [2.45, 2.75) is 50.0 Å². The lowest BCUT2D eigenvalue weighted by Gasteiger charge is -2.41. The number of nitrogens with zero attached hydrogens (tertiary/aromatic N) is 4. The van der Waals surface area contributed by atoms with Crippen LogP contribution in [0.2, 0.25) is 0 Å². The van der Waals surface area contributed by atoms with Gasteiger partial charge in [-0.05, 0) is 30.9 Å². The molecule has 3 aromatic heterocycles. The number of alkyl halides is 1. The highest BCUT2D eigenvalue weighted by Gasteiger charge is 2.48. The van der Waals surface area contributed by atoms with E-state index in [0.717, 1.165) is 12.8 Å². The first-order chi connectivity index (χ1) is 14.1. The molecule has 150 valence electrons. The van der Waals surface area contributed by atoms with Crippen LogP contribution in [0.25, 0.3) is 11.5 Å². The van der Waals surface area contributed by atoms with Crippen LogP contribution >= 0.6 is 0 Å². The zero-order valence-corrected chi connectivity index (χ0v) is 15.5. The zero-order valence-electron chi connectivity index (χ0n) is 15.5. The Bertz CT molecular complexity index is 1000. The third kappa shape index (κ3) is 3.59. The highest BCUT2D eigenvalue weighted by Crippen LogP contribution is 2.47. The van der Waals surface area contributed by atoms with Gasteiger partial charge in [-0.15, -0.1) is 0 Å². The molecule has 0 atom stereocenters. The molecule has 0 bridgehead atoms. The molecule has 3 aromatic rings. The normalized spacial score (nSPS) is 23.8. The van der Waals surface area contributed by atoms with Crippen LogP contribution in [-0.2, 0) is 5.67 Å². The quantitative estimate of drug-likeness (QED) is 0.625. The summed E-state index contributed by atoms with van der Waals surface area (Å²) >= 11 is 0. The smallest absolute Gasteiger partial charge is 0.232 e. The van der Waals surface area contributed by atoms with E-state index in [0.29, 0.717) is 17.1 Å². The second-order valence-electron chi connectivity index (χ2n) is 7.44. The van der Waals surface area contributed by atoms with E-state index in [1.165, 1.54) is 24.9 Å². The molecule has 0 saturated heterocycles. The SMILES string of the molecule is [O-]c1cc(-c2cnc(OC3CC(F)(c4ccnc(OC5CCC5)c4)C3)cn2)on1. The lowest BCUT2D eigenvalue weighted by Crippen LogP contribution is -2.44. The Hall–Kier alpha value is -3.23. The fraction of sp³-hybridized carbons (Fsp3) is 0.400. The molecule has 0 spiro atoms. The Labute approximate surface area is 165 Å². The van der Waals surface area contributed by atoms with Crippen LogP contribution in [0.3, 0.4) is 0 Å². The maximum Gasteiger partial charge on any atom is 0.232 e. The first-order valence-corrected chi connectivity index (χ1v) is 9.52. The minimum absolute atomic E-state index is 0.199. The standard InChI is InChI=1S/C20H19FN4O4/c21-20(12-4-5-22-18(6-12)27-13-2-1-3-13)8-14(9-20)28-19-11-23-15(10-24-19)16-7-17(26)25-29-16/h4-7,10-11,13-14H,1-3,8-9H2,(H,25,26)/p-1. The van der Waals surface area contributed by atoms with E-state index in [-0.39, 0.29) is 36.7 Å². The number of aromatic nitrogens is 4. The number of hydrogen-bond acceptors (Lipinski definition) is 8. The van der Waals surface area contributed by atoms with Crippen LogP contribution in [-0.4, -0.2) is 32.3 Å². The van der Waals surface area contributed by atoms with Crippen LogP contribution in [0.1, 0.15) is 37.7 Å². The van der Waals surface area contributed by atoms with Crippen molar-refractivity contribution < 1.29 is 23.5 Å². The van der Waals surface area contributed by atoms with Crippen LogP contribution in [0.15, 0.2) is 41.3 Å². The predicted molar refractivity (Wildman–Crippen MR) is 95.9 cm³/mol. The van der Waals surface area contributed by atoms with Gasteiger partial charge in [0, 0.05) is 37.1 Å². The number of hydrogen-bond donors (Lipinski definition) is 0. The summed E-state index contributed by atoms with van der Waals surface area (Å²) in [6.45, 7) is 0. The molecule has 2 aliphatic rings. The summed E-state index contributed by atoms with van der Waals surface area (Å²) in [6, 6.07) is 4.59. The molecule has 0 radical (unpaired) electrons. The molecule has 29 heavy (non-hydrogen) atoms. The van der Waals surface area contributed by atoms with Gasteiger partial charge in [-0.3, -0.25) is 0 Å². The fourth-order valence-electron chi connectivity index (χ4n) is 3.45. The second-order valence-corrected chi connectivity index (χ2v) is 7.44. The number of ether oxygens (including phenoxy) is 2. The van der Waals surface area contributed by atoms with Crippen molar-refractivity contribution in [2.75, 3.05) is 0 Å². The van der Waals surface area contributed by atoms with E-state index in [4.69, 9.17) is 14.0 Å². The molecule has 2 aliphatic carbocycles.